The van der Waals surface area contributed by atoms with Crippen molar-refractivity contribution in [2.45, 2.75) is 59.3 Å². The number of methoxy groups -OCH3 is 1. The van der Waals surface area contributed by atoms with Gasteiger partial charge in [0, 0.05) is 0 Å². The lowest BCUT2D eigenvalue weighted by molar-refractivity contribution is -0.124. The minimum absolute atomic E-state index is 0.305. The number of ether oxygens (including phenoxy) is 1. The fourth-order valence-corrected chi connectivity index (χ4v) is 3.71. The lowest BCUT2D eigenvalue weighted by atomic mass is 9.61. The molecule has 2 rings (SSSR count). The summed E-state index contributed by atoms with van der Waals surface area (Å²) >= 11 is 0. The number of carbonyl (C=O) groups excluding carboxylic acids is 1. The van der Waals surface area contributed by atoms with Crippen LogP contribution in [0.3, 0.4) is 0 Å². The van der Waals surface area contributed by atoms with Crippen LogP contribution in [0.25, 0.3) is 0 Å². The Labute approximate surface area is 116 Å². The van der Waals surface area contributed by atoms with E-state index in [1.807, 2.05) is 6.08 Å². The van der Waals surface area contributed by atoms with Crippen molar-refractivity contribution in [3.8, 4) is 0 Å². The van der Waals surface area contributed by atoms with Gasteiger partial charge in [-0.25, -0.2) is 0 Å². The first-order valence-electron chi connectivity index (χ1n) is 7.58. The summed E-state index contributed by atoms with van der Waals surface area (Å²) in [5.41, 5.74) is 1.91. The van der Waals surface area contributed by atoms with E-state index in [2.05, 4.69) is 20.8 Å². The molecular weight excluding hydrogens is 236 g/mol. The summed E-state index contributed by atoms with van der Waals surface area (Å²) in [6, 6.07) is 0. The highest BCUT2D eigenvalue weighted by atomic mass is 16.5. The number of fused-ring (bicyclic) bond motifs is 1. The molecule has 0 aromatic heterocycles. The monoisotopic (exact) mass is 262 g/mol. The van der Waals surface area contributed by atoms with Crippen molar-refractivity contribution in [3.05, 3.63) is 23.0 Å². The smallest absolute Gasteiger partial charge is 0.169 e. The highest BCUT2D eigenvalue weighted by Crippen LogP contribution is 2.50. The first-order valence-corrected chi connectivity index (χ1v) is 7.58. The van der Waals surface area contributed by atoms with E-state index in [0.717, 1.165) is 43.4 Å². The topological polar surface area (TPSA) is 26.3 Å². The fourth-order valence-electron chi connectivity index (χ4n) is 3.71. The molecule has 2 atom stereocenters. The predicted molar refractivity (Wildman–Crippen MR) is 77.8 cm³/mol. The second kappa shape index (κ2) is 5.52. The van der Waals surface area contributed by atoms with Crippen LogP contribution >= 0.6 is 0 Å². The van der Waals surface area contributed by atoms with Crippen molar-refractivity contribution in [1.29, 1.82) is 0 Å². The Morgan fingerprint density at radius 1 is 1.47 bits per heavy atom. The van der Waals surface area contributed by atoms with Crippen LogP contribution in [-0.2, 0) is 9.53 Å². The van der Waals surface area contributed by atoms with Gasteiger partial charge in [-0.3, -0.25) is 4.79 Å². The second-order valence-electron chi connectivity index (χ2n) is 6.21. The average Bonchev–Trinajstić information content (AvgIpc) is 2.39. The molecule has 0 aromatic carbocycles. The maximum Gasteiger partial charge on any atom is 0.169 e. The predicted octanol–water partition coefficient (Wildman–Crippen LogP) is 4.41. The second-order valence-corrected chi connectivity index (χ2v) is 6.21. The normalized spacial score (nSPS) is 31.1. The lowest BCUT2D eigenvalue weighted by Crippen LogP contribution is -2.40. The van der Waals surface area contributed by atoms with Gasteiger partial charge in [0.05, 0.1) is 12.5 Å². The first kappa shape index (κ1) is 14.4. The van der Waals surface area contributed by atoms with Crippen molar-refractivity contribution in [1.82, 2.24) is 0 Å². The van der Waals surface area contributed by atoms with Crippen molar-refractivity contribution in [3.63, 3.8) is 0 Å². The Kier molecular flexibility index (Phi) is 4.17. The van der Waals surface area contributed by atoms with E-state index in [9.17, 15) is 4.79 Å². The van der Waals surface area contributed by atoms with Gasteiger partial charge in [-0.15, -0.1) is 0 Å². The zero-order valence-corrected chi connectivity index (χ0v) is 12.7. The van der Waals surface area contributed by atoms with Gasteiger partial charge in [0.25, 0.3) is 0 Å². The van der Waals surface area contributed by atoms with E-state index >= 15 is 0 Å². The summed E-state index contributed by atoms with van der Waals surface area (Å²) in [7, 11) is 1.73. The van der Waals surface area contributed by atoms with Gasteiger partial charge in [0.2, 0.25) is 0 Å². The summed E-state index contributed by atoms with van der Waals surface area (Å²) in [4.78, 5) is 12.8. The van der Waals surface area contributed by atoms with Crippen molar-refractivity contribution in [2.24, 2.45) is 11.3 Å². The molecule has 2 heteroatoms. The quantitative estimate of drug-likeness (QED) is 0.750. The maximum absolute atomic E-state index is 12.8. The molecule has 2 aliphatic carbocycles. The molecule has 0 saturated heterocycles. The highest BCUT2D eigenvalue weighted by molar-refractivity contribution is 6.03. The van der Waals surface area contributed by atoms with E-state index in [1.165, 1.54) is 12.0 Å². The zero-order chi connectivity index (χ0) is 14.0. The molecular formula is C17H26O2. The molecule has 0 aliphatic heterocycles. The van der Waals surface area contributed by atoms with Crippen LogP contribution < -0.4 is 0 Å². The summed E-state index contributed by atoms with van der Waals surface area (Å²) in [5.74, 6) is 1.77. The largest absolute Gasteiger partial charge is 0.497 e. The molecule has 0 radical (unpaired) electrons. The minimum Gasteiger partial charge on any atom is -0.497 e. The van der Waals surface area contributed by atoms with Crippen molar-refractivity contribution in [2.75, 3.05) is 7.11 Å². The van der Waals surface area contributed by atoms with Gasteiger partial charge >= 0.3 is 0 Å². The summed E-state index contributed by atoms with van der Waals surface area (Å²) in [6.45, 7) is 6.51. The number of allylic oxidation sites excluding steroid dienone is 3. The number of Topliss-reactive ketones (excluding diaryl/α,β-unsaturated/α-hetero) is 1. The lowest BCUT2D eigenvalue weighted by Gasteiger charge is -2.42. The van der Waals surface area contributed by atoms with Gasteiger partial charge < -0.3 is 4.74 Å². The Morgan fingerprint density at radius 2 is 2.21 bits per heavy atom. The third kappa shape index (κ3) is 2.37. The Hall–Kier alpha value is -1.05. The van der Waals surface area contributed by atoms with Gasteiger partial charge in [-0.1, -0.05) is 26.7 Å². The number of unbranched alkanes of at least 4 members (excludes halogenated alkanes) is 1. The molecule has 2 nitrogen and oxygen atoms in total. The molecule has 0 aromatic rings. The van der Waals surface area contributed by atoms with Crippen LogP contribution in [0, 0.1) is 11.3 Å². The number of ketones is 1. The third-order valence-electron chi connectivity index (χ3n) is 4.78. The molecule has 0 unspecified atom stereocenters. The van der Waals surface area contributed by atoms with Crippen LogP contribution in [0.4, 0.5) is 0 Å². The SMILES string of the molecule is CCCCC1=CC(OC)=C2[C@@H](C)CCC[C@@]2(C)C1=O. The van der Waals surface area contributed by atoms with Crippen LogP contribution in [0.15, 0.2) is 23.0 Å². The van der Waals surface area contributed by atoms with Crippen LogP contribution in [0.2, 0.25) is 0 Å². The Balaban J connectivity index is 2.44. The summed E-state index contributed by atoms with van der Waals surface area (Å²) < 4.78 is 5.61. The molecule has 1 saturated carbocycles. The number of carbonyl (C=O) groups is 1. The van der Waals surface area contributed by atoms with Crippen LogP contribution in [-0.4, -0.2) is 12.9 Å². The number of hydrogen-bond donors (Lipinski definition) is 0. The van der Waals surface area contributed by atoms with Gasteiger partial charge in [0.1, 0.15) is 5.76 Å². The first-order chi connectivity index (χ1) is 9.04. The van der Waals surface area contributed by atoms with E-state index in [0.29, 0.717) is 11.7 Å². The van der Waals surface area contributed by atoms with Crippen LogP contribution in [0.5, 0.6) is 0 Å². The van der Waals surface area contributed by atoms with E-state index in [1.54, 1.807) is 7.11 Å². The molecule has 2 aliphatic rings. The molecule has 19 heavy (non-hydrogen) atoms. The number of hydrogen-bond acceptors (Lipinski definition) is 2. The average molecular weight is 262 g/mol. The minimum atomic E-state index is -0.305. The fraction of sp³-hybridized carbons (Fsp3) is 0.706. The molecule has 0 heterocycles. The summed E-state index contributed by atoms with van der Waals surface area (Å²) in [6.07, 6.45) is 8.39. The summed E-state index contributed by atoms with van der Waals surface area (Å²) in [5, 5.41) is 0. The molecule has 1 fully saturated rings. The Bertz CT molecular complexity index is 431. The molecule has 0 spiro atoms. The van der Waals surface area contributed by atoms with E-state index < -0.39 is 0 Å². The van der Waals surface area contributed by atoms with Crippen LogP contribution in [0.1, 0.15) is 59.3 Å². The number of rotatable bonds is 4. The molecule has 0 N–H and O–H groups in total. The van der Waals surface area contributed by atoms with Crippen molar-refractivity contribution < 1.29 is 9.53 Å². The molecule has 0 amide bonds. The third-order valence-corrected chi connectivity index (χ3v) is 4.78. The molecule has 0 bridgehead atoms. The van der Waals surface area contributed by atoms with Gasteiger partial charge in [-0.05, 0) is 55.7 Å². The Morgan fingerprint density at radius 3 is 2.84 bits per heavy atom. The van der Waals surface area contributed by atoms with Crippen molar-refractivity contribution >= 4 is 5.78 Å². The molecule has 106 valence electrons. The maximum atomic E-state index is 12.8. The van der Waals surface area contributed by atoms with Gasteiger partial charge in [-0.2, -0.15) is 0 Å². The van der Waals surface area contributed by atoms with Gasteiger partial charge in [0.15, 0.2) is 5.78 Å². The highest BCUT2D eigenvalue weighted by Gasteiger charge is 2.46. The standard InChI is InChI=1S/C17H26O2/c1-5-6-9-13-11-14(19-4)15-12(2)8-7-10-17(15,3)16(13)18/h11-12H,5-10H2,1-4H3/t12-,17+/m0/s1. The zero-order valence-electron chi connectivity index (χ0n) is 12.7. The van der Waals surface area contributed by atoms with E-state index in [4.69, 9.17) is 4.74 Å². The van der Waals surface area contributed by atoms with E-state index in [-0.39, 0.29) is 5.41 Å².